The summed E-state index contributed by atoms with van der Waals surface area (Å²) in [5.41, 5.74) is 0.904. The van der Waals surface area contributed by atoms with Gasteiger partial charge in [0, 0.05) is 39.0 Å². The molecule has 12 heteroatoms. The van der Waals surface area contributed by atoms with Crippen molar-refractivity contribution >= 4 is 37.5 Å². The Balaban J connectivity index is 1.31. The number of hydrogen-bond donors (Lipinski definition) is 0. The predicted molar refractivity (Wildman–Crippen MR) is 116 cm³/mol. The van der Waals surface area contributed by atoms with Crippen LogP contribution < -0.4 is 4.74 Å². The first kappa shape index (κ1) is 23.5. The van der Waals surface area contributed by atoms with Gasteiger partial charge < -0.3 is 9.64 Å². The van der Waals surface area contributed by atoms with Crippen molar-refractivity contribution in [3.05, 3.63) is 53.5 Å². The van der Waals surface area contributed by atoms with Crippen molar-refractivity contribution in [2.45, 2.75) is 24.1 Å². The summed E-state index contributed by atoms with van der Waals surface area (Å²) in [4.78, 5) is 18.6. The van der Waals surface area contributed by atoms with Crippen molar-refractivity contribution in [3.63, 3.8) is 0 Å². The topological polar surface area (TPSA) is 79.8 Å². The number of aryl methyl sites for hydroxylation is 1. The Labute approximate surface area is 192 Å². The molecular formula is C21H20F3N3O4S2. The molecule has 0 aliphatic carbocycles. The SMILES string of the molecule is O=C(CCc1nc2ccccc2s1)N1CCN(S(=O)(=O)c2ccc(OC(F)(F)F)cc2)CC1. The fourth-order valence-corrected chi connectivity index (χ4v) is 5.93. The number of rotatable bonds is 6. The molecule has 176 valence electrons. The molecule has 3 aromatic rings. The molecule has 1 aliphatic heterocycles. The summed E-state index contributed by atoms with van der Waals surface area (Å²) < 4.78 is 68.5. The molecule has 1 saturated heterocycles. The van der Waals surface area contributed by atoms with Crippen LogP contribution in [0, 0.1) is 0 Å². The summed E-state index contributed by atoms with van der Waals surface area (Å²) in [7, 11) is -3.89. The van der Waals surface area contributed by atoms with Crippen molar-refractivity contribution in [1.82, 2.24) is 14.2 Å². The van der Waals surface area contributed by atoms with E-state index in [0.29, 0.717) is 6.42 Å². The smallest absolute Gasteiger partial charge is 0.406 e. The number of benzene rings is 2. The zero-order valence-electron chi connectivity index (χ0n) is 17.3. The van der Waals surface area contributed by atoms with Gasteiger partial charge in [0.05, 0.1) is 20.1 Å². The number of aromatic nitrogens is 1. The average Bonchev–Trinajstić information content (AvgIpc) is 3.20. The second-order valence-electron chi connectivity index (χ2n) is 7.38. The number of amides is 1. The van der Waals surface area contributed by atoms with Crippen molar-refractivity contribution < 1.29 is 31.1 Å². The van der Waals surface area contributed by atoms with Crippen LogP contribution >= 0.6 is 11.3 Å². The Morgan fingerprint density at radius 3 is 2.33 bits per heavy atom. The Kier molecular flexibility index (Phi) is 6.59. The van der Waals surface area contributed by atoms with E-state index in [-0.39, 0.29) is 43.4 Å². The van der Waals surface area contributed by atoms with Gasteiger partial charge in [-0.25, -0.2) is 13.4 Å². The van der Waals surface area contributed by atoms with Crippen LogP contribution in [0.15, 0.2) is 53.4 Å². The molecule has 0 saturated carbocycles. The minimum atomic E-state index is -4.85. The summed E-state index contributed by atoms with van der Waals surface area (Å²) in [6, 6.07) is 11.8. The van der Waals surface area contributed by atoms with E-state index in [4.69, 9.17) is 0 Å². The number of hydrogen-bond acceptors (Lipinski definition) is 6. The Morgan fingerprint density at radius 1 is 1.03 bits per heavy atom. The van der Waals surface area contributed by atoms with Gasteiger partial charge in [-0.15, -0.1) is 24.5 Å². The molecule has 0 bridgehead atoms. The third kappa shape index (κ3) is 5.63. The van der Waals surface area contributed by atoms with Crippen molar-refractivity contribution in [1.29, 1.82) is 0 Å². The zero-order chi connectivity index (χ0) is 23.6. The van der Waals surface area contributed by atoms with Gasteiger partial charge in [0.1, 0.15) is 5.75 Å². The second kappa shape index (κ2) is 9.27. The molecule has 1 amide bonds. The number of fused-ring (bicyclic) bond motifs is 1. The Morgan fingerprint density at radius 2 is 1.70 bits per heavy atom. The van der Waals surface area contributed by atoms with Crippen LogP contribution in [0.3, 0.4) is 0 Å². The lowest BCUT2D eigenvalue weighted by molar-refractivity contribution is -0.274. The molecule has 7 nitrogen and oxygen atoms in total. The van der Waals surface area contributed by atoms with Crippen LogP contribution in [0.2, 0.25) is 0 Å². The summed E-state index contributed by atoms with van der Waals surface area (Å²) in [6.07, 6.45) is -4.05. The number of thiazole rings is 1. The number of ether oxygens (including phenoxy) is 1. The fourth-order valence-electron chi connectivity index (χ4n) is 3.54. The molecule has 0 atom stereocenters. The van der Waals surface area contributed by atoms with Gasteiger partial charge in [0.2, 0.25) is 15.9 Å². The van der Waals surface area contributed by atoms with E-state index in [9.17, 15) is 26.4 Å². The van der Waals surface area contributed by atoms with Crippen LogP contribution in [0.25, 0.3) is 10.2 Å². The standard InChI is InChI=1S/C21H20F3N3O4S2/c22-21(23,24)31-15-5-7-16(8-6-15)33(29,30)27-13-11-26(12-14-27)20(28)10-9-19-25-17-3-1-2-4-18(17)32-19/h1-8H,9-14H2. The highest BCUT2D eigenvalue weighted by Crippen LogP contribution is 2.26. The van der Waals surface area contributed by atoms with Crippen LogP contribution in [0.5, 0.6) is 5.75 Å². The summed E-state index contributed by atoms with van der Waals surface area (Å²) in [5, 5.41) is 0.878. The summed E-state index contributed by atoms with van der Waals surface area (Å²) >= 11 is 1.55. The summed E-state index contributed by atoms with van der Waals surface area (Å²) in [6.45, 7) is 0.701. The molecule has 1 fully saturated rings. The maximum atomic E-state index is 12.8. The van der Waals surface area contributed by atoms with Crippen LogP contribution in [-0.2, 0) is 21.2 Å². The number of halogens is 3. The fraction of sp³-hybridized carbons (Fsp3) is 0.333. The number of piperazine rings is 1. The minimum Gasteiger partial charge on any atom is -0.406 e. The molecule has 2 aromatic carbocycles. The van der Waals surface area contributed by atoms with Gasteiger partial charge in [0.25, 0.3) is 0 Å². The molecule has 1 aromatic heterocycles. The van der Waals surface area contributed by atoms with Crippen LogP contribution in [0.4, 0.5) is 13.2 Å². The molecule has 0 spiro atoms. The lowest BCUT2D eigenvalue weighted by Crippen LogP contribution is -2.50. The Bertz CT molecular complexity index is 1200. The normalized spacial score (nSPS) is 15.7. The van der Waals surface area contributed by atoms with Crippen LogP contribution in [-0.4, -0.2) is 61.1 Å². The predicted octanol–water partition coefficient (Wildman–Crippen LogP) is 3.66. The van der Waals surface area contributed by atoms with E-state index in [2.05, 4.69) is 9.72 Å². The Hall–Kier alpha value is -2.70. The first-order valence-electron chi connectivity index (χ1n) is 10.1. The van der Waals surface area contributed by atoms with E-state index in [0.717, 1.165) is 39.5 Å². The summed E-state index contributed by atoms with van der Waals surface area (Å²) in [5.74, 6) is -0.565. The van der Waals surface area contributed by atoms with E-state index >= 15 is 0 Å². The van der Waals surface area contributed by atoms with Gasteiger partial charge in [-0.05, 0) is 36.4 Å². The highest BCUT2D eigenvalue weighted by Gasteiger charge is 2.32. The molecule has 33 heavy (non-hydrogen) atoms. The molecule has 0 N–H and O–H groups in total. The number of carbonyl (C=O) groups excluding carboxylic acids is 1. The minimum absolute atomic E-state index is 0.0695. The van der Waals surface area contributed by atoms with Gasteiger partial charge in [0.15, 0.2) is 0 Å². The van der Waals surface area contributed by atoms with Gasteiger partial charge in [-0.1, -0.05) is 12.1 Å². The molecule has 0 radical (unpaired) electrons. The quantitative estimate of drug-likeness (QED) is 0.517. The van der Waals surface area contributed by atoms with E-state index < -0.39 is 22.1 Å². The number of alkyl halides is 3. The monoisotopic (exact) mass is 499 g/mol. The van der Waals surface area contributed by atoms with Crippen molar-refractivity contribution in [2.24, 2.45) is 0 Å². The first-order valence-corrected chi connectivity index (χ1v) is 12.4. The average molecular weight is 500 g/mol. The maximum Gasteiger partial charge on any atom is 0.573 e. The molecular weight excluding hydrogens is 479 g/mol. The largest absolute Gasteiger partial charge is 0.573 e. The lowest BCUT2D eigenvalue weighted by Gasteiger charge is -2.34. The molecule has 0 unspecified atom stereocenters. The first-order chi connectivity index (χ1) is 15.6. The number of nitrogens with zero attached hydrogens (tertiary/aromatic N) is 3. The maximum absolute atomic E-state index is 12.8. The van der Waals surface area contributed by atoms with E-state index in [1.807, 2.05) is 24.3 Å². The van der Waals surface area contributed by atoms with Crippen molar-refractivity contribution in [2.75, 3.05) is 26.2 Å². The molecule has 2 heterocycles. The highest BCUT2D eigenvalue weighted by atomic mass is 32.2. The lowest BCUT2D eigenvalue weighted by atomic mass is 10.2. The van der Waals surface area contributed by atoms with E-state index in [1.54, 1.807) is 16.2 Å². The van der Waals surface area contributed by atoms with Gasteiger partial charge in [-0.3, -0.25) is 4.79 Å². The number of sulfonamides is 1. The molecule has 1 aliphatic rings. The van der Waals surface area contributed by atoms with E-state index in [1.165, 1.54) is 4.31 Å². The van der Waals surface area contributed by atoms with Crippen molar-refractivity contribution in [3.8, 4) is 5.75 Å². The third-order valence-corrected chi connectivity index (χ3v) is 8.19. The third-order valence-electron chi connectivity index (χ3n) is 5.18. The van der Waals surface area contributed by atoms with Gasteiger partial charge in [-0.2, -0.15) is 4.31 Å². The number of carbonyl (C=O) groups is 1. The molecule has 4 rings (SSSR count). The van der Waals surface area contributed by atoms with Gasteiger partial charge >= 0.3 is 6.36 Å². The van der Waals surface area contributed by atoms with Crippen LogP contribution in [0.1, 0.15) is 11.4 Å². The number of para-hydroxylation sites is 1. The zero-order valence-corrected chi connectivity index (χ0v) is 18.9. The second-order valence-corrected chi connectivity index (χ2v) is 10.4. The highest BCUT2D eigenvalue weighted by molar-refractivity contribution is 7.89.